The minimum Gasteiger partial charge on any atom is -0.397 e. The molecule has 0 saturated heterocycles. The first kappa shape index (κ1) is 11.8. The van der Waals surface area contributed by atoms with Gasteiger partial charge in [-0.1, -0.05) is 11.6 Å². The summed E-state index contributed by atoms with van der Waals surface area (Å²) in [6, 6.07) is 5.46. The van der Waals surface area contributed by atoms with Crippen LogP contribution in [0.1, 0.15) is 5.82 Å². The highest BCUT2D eigenvalue weighted by Gasteiger charge is 2.09. The molecule has 2 N–H and O–H groups in total. The first-order valence-electron chi connectivity index (χ1n) is 5.30. The van der Waals surface area contributed by atoms with Crippen LogP contribution >= 0.6 is 11.6 Å². The van der Waals surface area contributed by atoms with Gasteiger partial charge in [0, 0.05) is 31.5 Å². The van der Waals surface area contributed by atoms with Crippen LogP contribution in [0.2, 0.25) is 5.02 Å². The van der Waals surface area contributed by atoms with Crippen molar-refractivity contribution in [3.63, 3.8) is 0 Å². The van der Waals surface area contributed by atoms with Crippen LogP contribution in [-0.4, -0.2) is 16.6 Å². The molecule has 0 saturated carbocycles. The zero-order valence-electron chi connectivity index (χ0n) is 9.89. The minimum absolute atomic E-state index is 0.681. The van der Waals surface area contributed by atoms with Gasteiger partial charge in [0.15, 0.2) is 0 Å². The van der Waals surface area contributed by atoms with Crippen molar-refractivity contribution in [3.05, 3.63) is 41.4 Å². The fourth-order valence-electron chi connectivity index (χ4n) is 1.69. The van der Waals surface area contributed by atoms with Crippen molar-refractivity contribution in [2.75, 3.05) is 17.7 Å². The Balaban J connectivity index is 2.23. The van der Waals surface area contributed by atoms with Crippen molar-refractivity contribution in [1.82, 2.24) is 9.55 Å². The predicted molar refractivity (Wildman–Crippen MR) is 71.2 cm³/mol. The normalized spacial score (nSPS) is 10.5. The third-order valence-electron chi connectivity index (χ3n) is 2.70. The van der Waals surface area contributed by atoms with E-state index in [1.54, 1.807) is 12.3 Å². The molecule has 4 nitrogen and oxygen atoms in total. The lowest BCUT2D eigenvalue weighted by molar-refractivity contribution is 0.762. The second-order valence-corrected chi connectivity index (χ2v) is 4.45. The number of benzene rings is 1. The first-order valence-corrected chi connectivity index (χ1v) is 5.68. The van der Waals surface area contributed by atoms with Crippen LogP contribution in [0.15, 0.2) is 30.6 Å². The van der Waals surface area contributed by atoms with Gasteiger partial charge in [-0.2, -0.15) is 0 Å². The molecule has 0 fully saturated rings. The third-order valence-corrected chi connectivity index (χ3v) is 2.94. The minimum atomic E-state index is 0.681. The van der Waals surface area contributed by atoms with Crippen molar-refractivity contribution < 1.29 is 0 Å². The SMILES string of the molecule is CN(Cc1nccn1C)c1cc(Cl)ccc1N. The van der Waals surface area contributed by atoms with Gasteiger partial charge >= 0.3 is 0 Å². The molecule has 0 radical (unpaired) electrons. The van der Waals surface area contributed by atoms with E-state index in [0.717, 1.165) is 11.5 Å². The Labute approximate surface area is 106 Å². The average Bonchev–Trinajstić information content (AvgIpc) is 2.68. The van der Waals surface area contributed by atoms with Gasteiger partial charge in [-0.25, -0.2) is 4.98 Å². The van der Waals surface area contributed by atoms with Crippen LogP contribution in [0.5, 0.6) is 0 Å². The van der Waals surface area contributed by atoms with E-state index >= 15 is 0 Å². The number of rotatable bonds is 3. The summed E-state index contributed by atoms with van der Waals surface area (Å²) in [4.78, 5) is 6.31. The fraction of sp³-hybridized carbons (Fsp3) is 0.250. The predicted octanol–water partition coefficient (Wildman–Crippen LogP) is 2.29. The number of aromatic nitrogens is 2. The Morgan fingerprint density at radius 3 is 2.88 bits per heavy atom. The van der Waals surface area contributed by atoms with E-state index in [0.29, 0.717) is 17.3 Å². The number of anilines is 2. The molecule has 2 aromatic rings. The molecule has 1 aromatic carbocycles. The van der Waals surface area contributed by atoms with E-state index in [9.17, 15) is 0 Å². The molecule has 0 unspecified atom stereocenters. The van der Waals surface area contributed by atoms with Crippen molar-refractivity contribution in [3.8, 4) is 0 Å². The summed E-state index contributed by atoms with van der Waals surface area (Å²) in [5.41, 5.74) is 7.56. The monoisotopic (exact) mass is 250 g/mol. The molecular formula is C12H15ClN4. The Bertz CT molecular complexity index is 521. The van der Waals surface area contributed by atoms with Crippen LogP contribution in [-0.2, 0) is 13.6 Å². The highest BCUT2D eigenvalue weighted by atomic mass is 35.5. The number of nitrogen functional groups attached to an aromatic ring is 1. The molecule has 5 heteroatoms. The molecule has 0 amide bonds. The van der Waals surface area contributed by atoms with Gasteiger partial charge in [-0.05, 0) is 18.2 Å². The zero-order valence-corrected chi connectivity index (χ0v) is 10.6. The molecule has 17 heavy (non-hydrogen) atoms. The molecule has 0 aliphatic carbocycles. The van der Waals surface area contributed by atoms with Crippen molar-refractivity contribution in [2.45, 2.75) is 6.54 Å². The quantitative estimate of drug-likeness (QED) is 0.851. The number of aryl methyl sites for hydroxylation is 1. The fourth-order valence-corrected chi connectivity index (χ4v) is 1.86. The van der Waals surface area contributed by atoms with Crippen molar-refractivity contribution >= 4 is 23.0 Å². The highest BCUT2D eigenvalue weighted by molar-refractivity contribution is 6.31. The topological polar surface area (TPSA) is 47.1 Å². The summed E-state index contributed by atoms with van der Waals surface area (Å²) < 4.78 is 1.98. The zero-order chi connectivity index (χ0) is 12.4. The van der Waals surface area contributed by atoms with Gasteiger partial charge in [0.25, 0.3) is 0 Å². The number of imidazole rings is 1. The number of hydrogen-bond acceptors (Lipinski definition) is 3. The molecule has 90 valence electrons. The van der Waals surface area contributed by atoms with Gasteiger partial charge in [0.2, 0.25) is 0 Å². The van der Waals surface area contributed by atoms with E-state index in [4.69, 9.17) is 17.3 Å². The molecule has 0 aliphatic heterocycles. The number of nitrogens with zero attached hydrogens (tertiary/aromatic N) is 3. The maximum atomic E-state index is 5.97. The summed E-state index contributed by atoms with van der Waals surface area (Å²) in [5, 5.41) is 0.681. The Morgan fingerprint density at radius 2 is 2.24 bits per heavy atom. The van der Waals surface area contributed by atoms with Gasteiger partial charge in [0.1, 0.15) is 5.82 Å². The second kappa shape index (κ2) is 4.67. The van der Waals surface area contributed by atoms with Gasteiger partial charge in [0.05, 0.1) is 17.9 Å². The summed E-state index contributed by atoms with van der Waals surface area (Å²) in [6.07, 6.45) is 3.70. The van der Waals surface area contributed by atoms with Crippen molar-refractivity contribution in [1.29, 1.82) is 0 Å². The van der Waals surface area contributed by atoms with E-state index in [1.807, 2.05) is 41.9 Å². The lowest BCUT2D eigenvalue weighted by Crippen LogP contribution is -2.20. The van der Waals surface area contributed by atoms with Crippen molar-refractivity contribution in [2.24, 2.45) is 7.05 Å². The first-order chi connectivity index (χ1) is 8.08. The second-order valence-electron chi connectivity index (χ2n) is 4.01. The summed E-state index contributed by atoms with van der Waals surface area (Å²) in [6.45, 7) is 0.689. The molecule has 2 rings (SSSR count). The Morgan fingerprint density at radius 1 is 1.47 bits per heavy atom. The molecule has 0 bridgehead atoms. The van der Waals surface area contributed by atoms with Crippen LogP contribution in [0.25, 0.3) is 0 Å². The Hall–Kier alpha value is -1.68. The molecule has 1 heterocycles. The van der Waals surface area contributed by atoms with Gasteiger partial charge in [-0.3, -0.25) is 0 Å². The van der Waals surface area contributed by atoms with Crippen LogP contribution in [0.4, 0.5) is 11.4 Å². The lowest BCUT2D eigenvalue weighted by atomic mass is 10.2. The highest BCUT2D eigenvalue weighted by Crippen LogP contribution is 2.26. The standard InChI is InChI=1S/C12H15ClN4/c1-16-6-5-15-12(16)8-17(2)11-7-9(13)3-4-10(11)14/h3-7H,8,14H2,1-2H3. The van der Waals surface area contributed by atoms with Crippen LogP contribution < -0.4 is 10.6 Å². The third kappa shape index (κ3) is 2.53. The summed E-state index contributed by atoms with van der Waals surface area (Å²) >= 11 is 5.97. The van der Waals surface area contributed by atoms with Crippen LogP contribution in [0.3, 0.4) is 0 Å². The van der Waals surface area contributed by atoms with Gasteiger partial charge < -0.3 is 15.2 Å². The van der Waals surface area contributed by atoms with Gasteiger partial charge in [-0.15, -0.1) is 0 Å². The number of nitrogens with two attached hydrogens (primary N) is 1. The molecule has 0 atom stereocenters. The lowest BCUT2D eigenvalue weighted by Gasteiger charge is -2.21. The molecule has 0 spiro atoms. The molecular weight excluding hydrogens is 236 g/mol. The van der Waals surface area contributed by atoms with E-state index < -0.39 is 0 Å². The maximum Gasteiger partial charge on any atom is 0.127 e. The van der Waals surface area contributed by atoms with Crippen LogP contribution in [0, 0.1) is 0 Å². The molecule has 1 aromatic heterocycles. The number of hydrogen-bond donors (Lipinski definition) is 1. The molecule has 0 aliphatic rings. The average molecular weight is 251 g/mol. The Kier molecular flexibility index (Phi) is 3.24. The van der Waals surface area contributed by atoms with E-state index in [1.165, 1.54) is 0 Å². The van der Waals surface area contributed by atoms with E-state index in [2.05, 4.69) is 4.98 Å². The maximum absolute atomic E-state index is 5.97. The van der Waals surface area contributed by atoms with E-state index in [-0.39, 0.29) is 0 Å². The largest absolute Gasteiger partial charge is 0.397 e. The smallest absolute Gasteiger partial charge is 0.127 e. The number of halogens is 1. The summed E-state index contributed by atoms with van der Waals surface area (Å²) in [7, 11) is 3.94. The summed E-state index contributed by atoms with van der Waals surface area (Å²) in [5.74, 6) is 0.979.